The molecule has 1 fully saturated rings. The summed E-state index contributed by atoms with van der Waals surface area (Å²) in [4.78, 5) is 6.91. The second-order valence-electron chi connectivity index (χ2n) is 8.71. The molecule has 1 aliphatic heterocycles. The van der Waals surface area contributed by atoms with Crippen LogP contribution in [0, 0.1) is 6.92 Å². The number of rotatable bonds is 5. The number of aromatic nitrogens is 2. The van der Waals surface area contributed by atoms with E-state index < -0.39 is 0 Å². The van der Waals surface area contributed by atoms with Gasteiger partial charge in [-0.2, -0.15) is 0 Å². The molecule has 1 aromatic carbocycles. The zero-order chi connectivity index (χ0) is 22.1. The predicted octanol–water partition coefficient (Wildman–Crippen LogP) is 4.46. The van der Waals surface area contributed by atoms with Crippen molar-refractivity contribution >= 4 is 34.9 Å². The first kappa shape index (κ1) is 20.4. The van der Waals surface area contributed by atoms with Crippen LogP contribution in [0.15, 0.2) is 61.3 Å². The third-order valence-electron chi connectivity index (χ3n) is 6.56. The lowest BCUT2D eigenvalue weighted by Crippen LogP contribution is -2.24. The average Bonchev–Trinajstić information content (AvgIpc) is 3.40. The van der Waals surface area contributed by atoms with Crippen molar-refractivity contribution in [3.63, 3.8) is 0 Å². The van der Waals surface area contributed by atoms with E-state index in [1.54, 1.807) is 0 Å². The highest BCUT2D eigenvalue weighted by molar-refractivity contribution is 5.88. The summed E-state index contributed by atoms with van der Waals surface area (Å²) in [5, 5.41) is 6.00. The van der Waals surface area contributed by atoms with E-state index in [-0.39, 0.29) is 0 Å². The summed E-state index contributed by atoms with van der Waals surface area (Å²) < 4.78 is 2.25. The number of hydrogen-bond donors (Lipinski definition) is 1. The Labute approximate surface area is 189 Å². The number of hydrogen-bond acceptors (Lipinski definition) is 3. The molecule has 162 valence electrons. The topological polar surface area (TPSA) is 33.1 Å². The van der Waals surface area contributed by atoms with Crippen LogP contribution in [0.25, 0.3) is 23.4 Å². The fraction of sp³-hybridized carbons (Fsp3) is 0.250. The second-order valence-corrected chi connectivity index (χ2v) is 8.71. The number of benzene rings is 1. The van der Waals surface area contributed by atoms with E-state index in [4.69, 9.17) is 0 Å². The van der Waals surface area contributed by atoms with Crippen LogP contribution in [-0.4, -0.2) is 22.6 Å². The SMILES string of the molecule is C=C(Nc1ccc2c(c1)=CC(c1ccc(C)n1C)=CCC=2)c1ccnc(N2CCCC2)c1. The Morgan fingerprint density at radius 3 is 2.62 bits per heavy atom. The average molecular weight is 423 g/mol. The molecule has 0 atom stereocenters. The molecule has 1 N–H and O–H groups in total. The van der Waals surface area contributed by atoms with Crippen LogP contribution in [0.3, 0.4) is 0 Å². The van der Waals surface area contributed by atoms with E-state index >= 15 is 0 Å². The molecule has 5 rings (SSSR count). The van der Waals surface area contributed by atoms with Crippen LogP contribution in [0.5, 0.6) is 0 Å². The van der Waals surface area contributed by atoms with E-state index in [9.17, 15) is 0 Å². The Kier molecular flexibility index (Phi) is 5.44. The molecular formula is C28H30N4. The maximum atomic E-state index is 4.56. The van der Waals surface area contributed by atoms with Gasteiger partial charge < -0.3 is 14.8 Å². The highest BCUT2D eigenvalue weighted by atomic mass is 15.2. The van der Waals surface area contributed by atoms with Crippen molar-refractivity contribution in [3.8, 4) is 0 Å². The van der Waals surface area contributed by atoms with Crippen molar-refractivity contribution in [1.82, 2.24) is 9.55 Å². The number of nitrogens with zero attached hydrogens (tertiary/aromatic N) is 3. The Morgan fingerprint density at radius 1 is 1.00 bits per heavy atom. The molecule has 1 aliphatic carbocycles. The molecular weight excluding hydrogens is 392 g/mol. The van der Waals surface area contributed by atoms with Gasteiger partial charge in [0, 0.05) is 54.7 Å². The number of pyridine rings is 1. The Balaban J connectivity index is 1.42. The van der Waals surface area contributed by atoms with E-state index in [1.165, 1.54) is 40.2 Å². The molecule has 4 heteroatoms. The first-order chi connectivity index (χ1) is 15.6. The van der Waals surface area contributed by atoms with Crippen molar-refractivity contribution in [1.29, 1.82) is 0 Å². The highest BCUT2D eigenvalue weighted by Crippen LogP contribution is 2.23. The standard InChI is InChI=1S/C28H30N4/c1-20-9-12-27(31(20)3)24-8-6-7-22-10-11-26(18-25(22)17-24)30-21(2)23-13-14-29-28(19-23)32-15-4-5-16-32/h7-14,17-19,30H,2,4-6,15-16H2,1,3H3. The van der Waals surface area contributed by atoms with Crippen LogP contribution in [0.4, 0.5) is 11.5 Å². The van der Waals surface area contributed by atoms with E-state index in [0.717, 1.165) is 42.3 Å². The minimum Gasteiger partial charge on any atom is -0.357 e. The summed E-state index contributed by atoms with van der Waals surface area (Å²) in [7, 11) is 2.13. The molecule has 0 saturated carbocycles. The van der Waals surface area contributed by atoms with E-state index in [1.807, 2.05) is 12.3 Å². The van der Waals surface area contributed by atoms with Crippen LogP contribution in [0.2, 0.25) is 0 Å². The molecule has 4 nitrogen and oxygen atoms in total. The van der Waals surface area contributed by atoms with Gasteiger partial charge in [0.05, 0.1) is 0 Å². The van der Waals surface area contributed by atoms with E-state index in [0.29, 0.717) is 0 Å². The smallest absolute Gasteiger partial charge is 0.129 e. The van der Waals surface area contributed by atoms with Gasteiger partial charge in [0.25, 0.3) is 0 Å². The third kappa shape index (κ3) is 4.01. The highest BCUT2D eigenvalue weighted by Gasteiger charge is 2.14. The largest absolute Gasteiger partial charge is 0.357 e. The van der Waals surface area contributed by atoms with Crippen molar-refractivity contribution < 1.29 is 0 Å². The van der Waals surface area contributed by atoms with Crippen molar-refractivity contribution in [2.45, 2.75) is 26.2 Å². The predicted molar refractivity (Wildman–Crippen MR) is 136 cm³/mol. The number of fused-ring (bicyclic) bond motifs is 1. The fourth-order valence-electron chi connectivity index (χ4n) is 4.56. The molecule has 0 bridgehead atoms. The summed E-state index contributed by atoms with van der Waals surface area (Å²) in [6, 6.07) is 15.1. The molecule has 0 spiro atoms. The van der Waals surface area contributed by atoms with Gasteiger partial charge in [-0.3, -0.25) is 0 Å². The molecule has 0 radical (unpaired) electrons. The Morgan fingerprint density at radius 2 is 1.84 bits per heavy atom. The van der Waals surface area contributed by atoms with Crippen LogP contribution in [0.1, 0.15) is 36.2 Å². The molecule has 2 aromatic heterocycles. The second kappa shape index (κ2) is 8.54. The lowest BCUT2D eigenvalue weighted by Gasteiger charge is -2.18. The number of aryl methyl sites for hydroxylation is 1. The molecule has 3 heterocycles. The monoisotopic (exact) mass is 422 g/mol. The maximum absolute atomic E-state index is 4.56. The van der Waals surface area contributed by atoms with E-state index in [2.05, 4.69) is 94.9 Å². The van der Waals surface area contributed by atoms with Gasteiger partial charge in [0.2, 0.25) is 0 Å². The zero-order valence-corrected chi connectivity index (χ0v) is 18.9. The Bertz CT molecular complexity index is 1320. The van der Waals surface area contributed by atoms with Gasteiger partial charge >= 0.3 is 0 Å². The minimum atomic E-state index is 0.888. The number of nitrogens with one attached hydrogen (secondary N) is 1. The van der Waals surface area contributed by atoms with Crippen molar-refractivity contribution in [2.24, 2.45) is 7.05 Å². The number of allylic oxidation sites excluding steroid dienone is 2. The lowest BCUT2D eigenvalue weighted by atomic mass is 10.1. The number of anilines is 2. The maximum Gasteiger partial charge on any atom is 0.129 e. The summed E-state index contributed by atoms with van der Waals surface area (Å²) >= 11 is 0. The molecule has 32 heavy (non-hydrogen) atoms. The van der Waals surface area contributed by atoms with Gasteiger partial charge in [-0.15, -0.1) is 0 Å². The molecule has 3 aromatic rings. The summed E-state index contributed by atoms with van der Waals surface area (Å²) in [5.74, 6) is 1.04. The molecule has 1 saturated heterocycles. The molecule has 0 unspecified atom stereocenters. The minimum absolute atomic E-state index is 0.888. The quantitative estimate of drug-likeness (QED) is 0.659. The Hall–Kier alpha value is -3.53. The third-order valence-corrected chi connectivity index (χ3v) is 6.56. The van der Waals surface area contributed by atoms with Crippen LogP contribution in [-0.2, 0) is 7.05 Å². The normalized spacial score (nSPS) is 15.3. The van der Waals surface area contributed by atoms with Gasteiger partial charge in [-0.1, -0.05) is 24.8 Å². The first-order valence-electron chi connectivity index (χ1n) is 11.4. The fourth-order valence-corrected chi connectivity index (χ4v) is 4.56. The zero-order valence-electron chi connectivity index (χ0n) is 18.9. The van der Waals surface area contributed by atoms with Gasteiger partial charge in [-0.05, 0) is 84.7 Å². The van der Waals surface area contributed by atoms with Gasteiger partial charge in [0.1, 0.15) is 5.82 Å². The molecule has 0 amide bonds. The summed E-state index contributed by atoms with van der Waals surface area (Å²) in [6.07, 6.45) is 12.2. The summed E-state index contributed by atoms with van der Waals surface area (Å²) in [6.45, 7) is 8.62. The van der Waals surface area contributed by atoms with Gasteiger partial charge in [-0.25, -0.2) is 4.98 Å². The van der Waals surface area contributed by atoms with Crippen LogP contribution >= 0.6 is 0 Å². The lowest BCUT2D eigenvalue weighted by molar-refractivity contribution is 0.868. The van der Waals surface area contributed by atoms with Crippen LogP contribution < -0.4 is 20.7 Å². The van der Waals surface area contributed by atoms with Gasteiger partial charge in [0.15, 0.2) is 0 Å². The van der Waals surface area contributed by atoms with Crippen molar-refractivity contribution in [3.05, 3.63) is 88.7 Å². The molecule has 2 aliphatic rings. The first-order valence-corrected chi connectivity index (χ1v) is 11.4. The van der Waals surface area contributed by atoms with Crippen molar-refractivity contribution in [2.75, 3.05) is 23.3 Å². The summed E-state index contributed by atoms with van der Waals surface area (Å²) in [5.41, 5.74) is 6.78.